The molecule has 0 atom stereocenters. The summed E-state index contributed by atoms with van der Waals surface area (Å²) in [7, 11) is -2.44. The summed E-state index contributed by atoms with van der Waals surface area (Å²) in [5.74, 6) is 4.87. The lowest BCUT2D eigenvalue weighted by molar-refractivity contribution is 0.0600. The molecule has 0 aliphatic carbocycles. The number of anilines is 1. The Balaban J connectivity index is 1.46. The molecule has 4 rings (SSSR count). The van der Waals surface area contributed by atoms with Crippen molar-refractivity contribution in [3.63, 3.8) is 0 Å². The second-order valence-corrected chi connectivity index (χ2v) is 9.81. The van der Waals surface area contributed by atoms with E-state index < -0.39 is 21.9 Å². The van der Waals surface area contributed by atoms with E-state index in [1.807, 2.05) is 0 Å². The highest BCUT2D eigenvalue weighted by Gasteiger charge is 2.29. The van der Waals surface area contributed by atoms with Crippen molar-refractivity contribution in [2.24, 2.45) is 0 Å². The minimum Gasteiger partial charge on any atom is -0.465 e. The van der Waals surface area contributed by atoms with Crippen molar-refractivity contribution in [1.29, 1.82) is 0 Å². The second-order valence-electron chi connectivity index (χ2n) is 7.94. The van der Waals surface area contributed by atoms with Crippen LogP contribution in [0.5, 0.6) is 0 Å². The highest BCUT2D eigenvalue weighted by molar-refractivity contribution is 7.89. The minimum absolute atomic E-state index is 0.100. The van der Waals surface area contributed by atoms with E-state index >= 15 is 0 Å². The number of sulfonamides is 1. The summed E-state index contributed by atoms with van der Waals surface area (Å²) in [4.78, 5) is 24.3. The monoisotopic (exact) mass is 492 g/mol. The molecule has 1 aliphatic rings. The Morgan fingerprint density at radius 2 is 1.63 bits per heavy atom. The number of furan rings is 1. The van der Waals surface area contributed by atoms with Gasteiger partial charge in [-0.3, -0.25) is 4.79 Å². The average Bonchev–Trinajstić information content (AvgIpc) is 3.40. The molecule has 1 N–H and O–H groups in total. The molecule has 2 heterocycles. The third-order valence-electron chi connectivity index (χ3n) is 5.47. The molecule has 35 heavy (non-hydrogen) atoms. The number of ether oxygens (including phenoxy) is 1. The maximum atomic E-state index is 12.8. The van der Waals surface area contributed by atoms with Crippen molar-refractivity contribution in [3.8, 4) is 11.8 Å². The van der Waals surface area contributed by atoms with Crippen LogP contribution in [0.1, 0.15) is 51.3 Å². The summed E-state index contributed by atoms with van der Waals surface area (Å²) in [5, 5.41) is 2.47. The van der Waals surface area contributed by atoms with E-state index in [9.17, 15) is 18.0 Å². The summed E-state index contributed by atoms with van der Waals surface area (Å²) in [6.07, 6.45) is 2.62. The summed E-state index contributed by atoms with van der Waals surface area (Å²) < 4.78 is 37.0. The van der Waals surface area contributed by atoms with E-state index in [1.54, 1.807) is 48.5 Å². The smallest absolute Gasteiger partial charge is 0.337 e. The maximum absolute atomic E-state index is 12.8. The van der Waals surface area contributed by atoms with Gasteiger partial charge in [-0.2, -0.15) is 4.31 Å². The largest absolute Gasteiger partial charge is 0.465 e. The first-order valence-electron chi connectivity index (χ1n) is 11.1. The second kappa shape index (κ2) is 10.6. The van der Waals surface area contributed by atoms with Crippen LogP contribution in [-0.2, 0) is 14.8 Å². The van der Waals surface area contributed by atoms with Gasteiger partial charge in [-0.25, -0.2) is 13.2 Å². The van der Waals surface area contributed by atoms with Gasteiger partial charge in [0, 0.05) is 29.9 Å². The number of hydrogen-bond donors (Lipinski definition) is 1. The average molecular weight is 493 g/mol. The third kappa shape index (κ3) is 5.80. The summed E-state index contributed by atoms with van der Waals surface area (Å²) in [6, 6.07) is 16.3. The van der Waals surface area contributed by atoms with Gasteiger partial charge in [0.2, 0.25) is 5.09 Å². The standard InChI is InChI=1S/C26H24N2O6S/c1-33-26(30)21-9-5-7-19(17-21)11-12-20-8-6-10-22(18-20)27-25(29)23-13-14-24(34-23)35(31,32)28-15-3-2-4-16-28/h5-10,13-14,17-18H,2-4,15-16H2,1H3,(H,27,29). The molecule has 0 unspecified atom stereocenters. The van der Waals surface area contributed by atoms with Gasteiger partial charge in [-0.15, -0.1) is 0 Å². The fourth-order valence-corrected chi connectivity index (χ4v) is 5.10. The van der Waals surface area contributed by atoms with Gasteiger partial charge in [-0.1, -0.05) is 30.4 Å². The van der Waals surface area contributed by atoms with E-state index in [0.29, 0.717) is 35.5 Å². The number of methoxy groups -OCH3 is 1. The predicted molar refractivity (Wildman–Crippen MR) is 129 cm³/mol. The van der Waals surface area contributed by atoms with E-state index in [2.05, 4.69) is 17.2 Å². The maximum Gasteiger partial charge on any atom is 0.337 e. The zero-order valence-corrected chi connectivity index (χ0v) is 19.9. The molecule has 2 aromatic carbocycles. The number of piperidine rings is 1. The molecule has 1 aliphatic heterocycles. The van der Waals surface area contributed by atoms with E-state index in [1.165, 1.54) is 23.5 Å². The van der Waals surface area contributed by atoms with Gasteiger partial charge in [0.1, 0.15) is 0 Å². The Hall–Kier alpha value is -3.87. The summed E-state index contributed by atoms with van der Waals surface area (Å²) >= 11 is 0. The first-order chi connectivity index (χ1) is 16.9. The number of nitrogens with zero attached hydrogens (tertiary/aromatic N) is 1. The molecule has 8 nitrogen and oxygen atoms in total. The fourth-order valence-electron chi connectivity index (χ4n) is 3.67. The van der Waals surface area contributed by atoms with Crippen LogP contribution in [0.15, 0.2) is 70.2 Å². The van der Waals surface area contributed by atoms with Crippen molar-refractivity contribution < 1.29 is 27.2 Å². The Morgan fingerprint density at radius 1 is 0.943 bits per heavy atom. The first kappa shape index (κ1) is 24.3. The number of amides is 1. The molecule has 0 radical (unpaired) electrons. The fraction of sp³-hybridized carbons (Fsp3) is 0.231. The molecule has 0 bridgehead atoms. The molecule has 180 valence electrons. The molecular formula is C26H24N2O6S. The molecule has 1 fully saturated rings. The van der Waals surface area contributed by atoms with Crippen molar-refractivity contribution in [2.75, 3.05) is 25.5 Å². The summed E-state index contributed by atoms with van der Waals surface area (Å²) in [5.41, 5.74) is 2.15. The van der Waals surface area contributed by atoms with Gasteiger partial charge < -0.3 is 14.5 Å². The molecule has 1 amide bonds. The Bertz CT molecular complexity index is 1410. The highest BCUT2D eigenvalue weighted by Crippen LogP contribution is 2.23. The number of benzene rings is 2. The van der Waals surface area contributed by atoms with E-state index in [4.69, 9.17) is 9.15 Å². The van der Waals surface area contributed by atoms with Crippen LogP contribution in [-0.4, -0.2) is 44.8 Å². The van der Waals surface area contributed by atoms with Crippen LogP contribution in [0.2, 0.25) is 0 Å². The van der Waals surface area contributed by atoms with Gasteiger partial charge >= 0.3 is 5.97 Å². The lowest BCUT2D eigenvalue weighted by atomic mass is 10.1. The molecule has 3 aromatic rings. The first-order valence-corrected chi connectivity index (χ1v) is 12.5. The third-order valence-corrected chi connectivity index (χ3v) is 7.24. The molecule has 1 saturated heterocycles. The van der Waals surface area contributed by atoms with Crippen LogP contribution >= 0.6 is 0 Å². The van der Waals surface area contributed by atoms with Crippen molar-refractivity contribution >= 4 is 27.6 Å². The number of carbonyl (C=O) groups excluding carboxylic acids is 2. The van der Waals surface area contributed by atoms with Crippen molar-refractivity contribution in [1.82, 2.24) is 4.31 Å². The highest BCUT2D eigenvalue weighted by atomic mass is 32.2. The van der Waals surface area contributed by atoms with Gasteiger partial charge in [-0.05, 0) is 61.4 Å². The number of esters is 1. The topological polar surface area (TPSA) is 106 Å². The zero-order chi connectivity index (χ0) is 24.8. The quantitative estimate of drug-likeness (QED) is 0.428. The van der Waals surface area contributed by atoms with E-state index in [0.717, 1.165) is 19.3 Å². The number of nitrogens with one attached hydrogen (secondary N) is 1. The molecule has 0 saturated carbocycles. The molecule has 0 spiro atoms. The van der Waals surface area contributed by atoms with Gasteiger partial charge in [0.25, 0.3) is 15.9 Å². The van der Waals surface area contributed by atoms with Crippen LogP contribution in [0, 0.1) is 11.8 Å². The Labute approximate surface area is 203 Å². The minimum atomic E-state index is -3.76. The van der Waals surface area contributed by atoms with E-state index in [-0.39, 0.29) is 10.9 Å². The SMILES string of the molecule is COC(=O)c1cccc(C#Cc2cccc(NC(=O)c3ccc(S(=O)(=O)N4CCCCC4)o3)c2)c1. The van der Waals surface area contributed by atoms with Gasteiger partial charge in [0.15, 0.2) is 5.76 Å². The van der Waals surface area contributed by atoms with Crippen LogP contribution in [0.3, 0.4) is 0 Å². The summed E-state index contributed by atoms with van der Waals surface area (Å²) in [6.45, 7) is 0.900. The molecular weight excluding hydrogens is 468 g/mol. The molecule has 9 heteroatoms. The van der Waals surface area contributed by atoms with Crippen molar-refractivity contribution in [3.05, 3.63) is 83.1 Å². The number of carbonyl (C=O) groups is 2. The number of hydrogen-bond acceptors (Lipinski definition) is 6. The van der Waals surface area contributed by atoms with Crippen molar-refractivity contribution in [2.45, 2.75) is 24.4 Å². The van der Waals surface area contributed by atoms with Crippen LogP contribution in [0.4, 0.5) is 5.69 Å². The van der Waals surface area contributed by atoms with Crippen LogP contribution < -0.4 is 5.32 Å². The van der Waals surface area contributed by atoms with Gasteiger partial charge in [0.05, 0.1) is 12.7 Å². The Kier molecular flexibility index (Phi) is 7.34. The predicted octanol–water partition coefficient (Wildman–Crippen LogP) is 3.89. The molecule has 1 aromatic heterocycles. The normalized spacial score (nSPS) is 14.0. The number of rotatable bonds is 5. The zero-order valence-electron chi connectivity index (χ0n) is 19.1. The lowest BCUT2D eigenvalue weighted by Gasteiger charge is -2.24. The van der Waals surface area contributed by atoms with Crippen LogP contribution in [0.25, 0.3) is 0 Å². The Morgan fingerprint density at radius 3 is 2.34 bits per heavy atom. The lowest BCUT2D eigenvalue weighted by Crippen LogP contribution is -2.35.